The van der Waals surface area contributed by atoms with E-state index in [9.17, 15) is 8.78 Å². The number of amidine groups is 1. The van der Waals surface area contributed by atoms with E-state index in [2.05, 4.69) is 52.3 Å². The van der Waals surface area contributed by atoms with Gasteiger partial charge in [-0.25, -0.2) is 13.8 Å². The third kappa shape index (κ3) is 3.86. The zero-order valence-corrected chi connectivity index (χ0v) is 19.6. The second-order valence-corrected chi connectivity index (χ2v) is 9.64. The lowest BCUT2D eigenvalue weighted by atomic mass is 9.92. The van der Waals surface area contributed by atoms with Crippen molar-refractivity contribution in [1.29, 1.82) is 0 Å². The quantitative estimate of drug-likeness (QED) is 0.727. The van der Waals surface area contributed by atoms with Crippen LogP contribution in [0, 0.1) is 11.6 Å². The highest BCUT2D eigenvalue weighted by Gasteiger charge is 2.43. The van der Waals surface area contributed by atoms with E-state index < -0.39 is 23.8 Å². The minimum absolute atomic E-state index is 0.0982. The summed E-state index contributed by atoms with van der Waals surface area (Å²) in [7, 11) is 2.11. The molecule has 2 aromatic carbocycles. The van der Waals surface area contributed by atoms with Crippen LogP contribution >= 0.6 is 0 Å². The fourth-order valence-electron chi connectivity index (χ4n) is 5.84. The van der Waals surface area contributed by atoms with Crippen molar-refractivity contribution in [2.24, 2.45) is 10.7 Å². The Morgan fingerprint density at radius 1 is 1.11 bits per heavy atom. The Labute approximate surface area is 203 Å². The fraction of sp³-hybridized carbons (Fsp3) is 0.370. The SMILES string of the molecule is CN1C2=C(CN([C@H]3CO[C@H](c4cc(F)ccc4F)[C@@H](N)C3)CC2)C2=NC=CC(c3ccccc3)N21. The molecule has 35 heavy (non-hydrogen) atoms. The molecule has 2 aromatic rings. The maximum absolute atomic E-state index is 14.3. The average Bonchev–Trinajstić information content (AvgIpc) is 3.17. The summed E-state index contributed by atoms with van der Waals surface area (Å²) in [4.78, 5) is 7.16. The number of benzene rings is 2. The summed E-state index contributed by atoms with van der Waals surface area (Å²) < 4.78 is 34.1. The molecule has 6 rings (SSSR count). The molecule has 1 fully saturated rings. The first-order valence-corrected chi connectivity index (χ1v) is 12.1. The molecule has 1 saturated heterocycles. The van der Waals surface area contributed by atoms with Crippen LogP contribution in [-0.4, -0.2) is 59.6 Å². The van der Waals surface area contributed by atoms with Gasteiger partial charge in [-0.15, -0.1) is 0 Å². The zero-order valence-electron chi connectivity index (χ0n) is 19.6. The Bertz CT molecular complexity index is 1210. The summed E-state index contributed by atoms with van der Waals surface area (Å²) in [5.74, 6) is 0.0219. The van der Waals surface area contributed by atoms with Crippen LogP contribution in [0.1, 0.15) is 36.1 Å². The van der Waals surface area contributed by atoms with E-state index >= 15 is 0 Å². The van der Waals surface area contributed by atoms with Crippen LogP contribution in [0.3, 0.4) is 0 Å². The van der Waals surface area contributed by atoms with Crippen LogP contribution in [0.5, 0.6) is 0 Å². The molecular formula is C27H29F2N5O. The van der Waals surface area contributed by atoms with Crippen molar-refractivity contribution in [2.75, 3.05) is 26.7 Å². The second kappa shape index (κ2) is 8.86. The molecule has 4 aliphatic heterocycles. The van der Waals surface area contributed by atoms with Gasteiger partial charge in [-0.1, -0.05) is 30.3 Å². The van der Waals surface area contributed by atoms with Crippen LogP contribution in [0.25, 0.3) is 0 Å². The van der Waals surface area contributed by atoms with Gasteiger partial charge < -0.3 is 10.5 Å². The van der Waals surface area contributed by atoms with Crippen LogP contribution in [0.2, 0.25) is 0 Å². The molecule has 4 aliphatic rings. The van der Waals surface area contributed by atoms with Gasteiger partial charge in [0.25, 0.3) is 0 Å². The molecule has 0 saturated carbocycles. The lowest BCUT2D eigenvalue weighted by Gasteiger charge is -2.41. The number of hydrazine groups is 1. The number of fused-ring (bicyclic) bond motifs is 2. The predicted octanol–water partition coefficient (Wildman–Crippen LogP) is 3.91. The molecule has 0 radical (unpaired) electrons. The molecule has 0 aromatic heterocycles. The number of hydrogen-bond donors (Lipinski definition) is 1. The number of halogens is 2. The molecule has 182 valence electrons. The Kier molecular flexibility index (Phi) is 5.67. The molecule has 4 atom stereocenters. The van der Waals surface area contributed by atoms with Crippen molar-refractivity contribution in [3.05, 3.63) is 94.8 Å². The molecule has 1 unspecified atom stereocenters. The number of ether oxygens (including phenoxy) is 1. The van der Waals surface area contributed by atoms with Crippen molar-refractivity contribution >= 4 is 5.84 Å². The summed E-state index contributed by atoms with van der Waals surface area (Å²) in [6.45, 7) is 2.06. The number of nitrogens with zero attached hydrogens (tertiary/aromatic N) is 4. The summed E-state index contributed by atoms with van der Waals surface area (Å²) in [6, 6.07) is 13.7. The van der Waals surface area contributed by atoms with E-state index in [-0.39, 0.29) is 17.6 Å². The summed E-state index contributed by atoms with van der Waals surface area (Å²) >= 11 is 0. The van der Waals surface area contributed by atoms with Crippen LogP contribution in [-0.2, 0) is 4.74 Å². The van der Waals surface area contributed by atoms with Gasteiger partial charge in [0.05, 0.1) is 12.6 Å². The zero-order chi connectivity index (χ0) is 24.1. The van der Waals surface area contributed by atoms with Gasteiger partial charge in [0.2, 0.25) is 0 Å². The van der Waals surface area contributed by atoms with Gasteiger partial charge in [-0.3, -0.25) is 14.9 Å². The first-order valence-electron chi connectivity index (χ1n) is 12.1. The van der Waals surface area contributed by atoms with Crippen molar-refractivity contribution in [3.63, 3.8) is 0 Å². The molecule has 4 heterocycles. The molecule has 2 N–H and O–H groups in total. The Morgan fingerprint density at radius 3 is 2.74 bits per heavy atom. The van der Waals surface area contributed by atoms with Gasteiger partial charge in [0.15, 0.2) is 5.84 Å². The maximum Gasteiger partial charge on any atom is 0.154 e. The fourth-order valence-corrected chi connectivity index (χ4v) is 5.84. The standard InChI is InChI=1S/C27H29F2N5O/c1-32-25-10-12-33(19-14-23(30)26(35-16-19)20-13-18(28)7-8-22(20)29)15-21(25)27-31-11-9-24(34(27)32)17-5-3-2-4-6-17/h2-9,11,13,19,23-24,26H,10,12,14-16,30H2,1H3/t19-,23+,24?,26-/m1/s1. The second-order valence-electron chi connectivity index (χ2n) is 9.64. The third-order valence-electron chi connectivity index (χ3n) is 7.60. The van der Waals surface area contributed by atoms with Crippen LogP contribution in [0.15, 0.2) is 77.1 Å². The number of rotatable bonds is 3. The van der Waals surface area contributed by atoms with Crippen molar-refractivity contribution in [1.82, 2.24) is 14.9 Å². The first kappa shape index (κ1) is 22.4. The average molecular weight is 478 g/mol. The van der Waals surface area contributed by atoms with Crippen molar-refractivity contribution in [2.45, 2.75) is 37.1 Å². The molecule has 0 bridgehead atoms. The van der Waals surface area contributed by atoms with Gasteiger partial charge in [-0.05, 0) is 36.3 Å². The number of nitrogens with two attached hydrogens (primary N) is 1. The predicted molar refractivity (Wildman–Crippen MR) is 130 cm³/mol. The van der Waals surface area contributed by atoms with Crippen LogP contribution < -0.4 is 5.73 Å². The van der Waals surface area contributed by atoms with E-state index in [0.717, 1.165) is 37.5 Å². The minimum atomic E-state index is -0.644. The Hall–Kier alpha value is -3.07. The lowest BCUT2D eigenvalue weighted by molar-refractivity contribution is -0.0509. The van der Waals surface area contributed by atoms with E-state index in [1.54, 1.807) is 0 Å². The number of aliphatic imine (C=N–C) groups is 1. The molecule has 8 heteroatoms. The highest BCUT2D eigenvalue weighted by molar-refractivity contribution is 6.02. The van der Waals surface area contributed by atoms with Crippen LogP contribution in [0.4, 0.5) is 8.78 Å². The smallest absolute Gasteiger partial charge is 0.154 e. The Balaban J connectivity index is 1.18. The van der Waals surface area contributed by atoms with E-state index in [1.807, 2.05) is 12.3 Å². The normalized spacial score (nSPS) is 28.7. The first-order chi connectivity index (χ1) is 17.0. The highest BCUT2D eigenvalue weighted by Crippen LogP contribution is 2.40. The molecule has 0 amide bonds. The summed E-state index contributed by atoms with van der Waals surface area (Å²) in [5.41, 5.74) is 10.4. The van der Waals surface area contributed by atoms with E-state index in [0.29, 0.717) is 13.0 Å². The highest BCUT2D eigenvalue weighted by atomic mass is 19.1. The van der Waals surface area contributed by atoms with Crippen molar-refractivity contribution < 1.29 is 13.5 Å². The molecular weight excluding hydrogens is 448 g/mol. The molecule has 0 spiro atoms. The summed E-state index contributed by atoms with van der Waals surface area (Å²) in [5, 5.41) is 4.52. The van der Waals surface area contributed by atoms with Gasteiger partial charge in [-0.2, -0.15) is 0 Å². The van der Waals surface area contributed by atoms with Gasteiger partial charge in [0, 0.05) is 61.7 Å². The third-order valence-corrected chi connectivity index (χ3v) is 7.60. The monoisotopic (exact) mass is 477 g/mol. The van der Waals surface area contributed by atoms with Crippen molar-refractivity contribution in [3.8, 4) is 0 Å². The number of hydrogen-bond acceptors (Lipinski definition) is 6. The van der Waals surface area contributed by atoms with Gasteiger partial charge in [0.1, 0.15) is 17.7 Å². The minimum Gasteiger partial charge on any atom is -0.370 e. The molecule has 0 aliphatic carbocycles. The maximum atomic E-state index is 14.3. The van der Waals surface area contributed by atoms with E-state index in [1.165, 1.54) is 22.9 Å². The molecule has 6 nitrogen and oxygen atoms in total. The topological polar surface area (TPSA) is 57.3 Å². The largest absolute Gasteiger partial charge is 0.370 e. The Morgan fingerprint density at radius 2 is 1.94 bits per heavy atom. The van der Waals surface area contributed by atoms with E-state index in [4.69, 9.17) is 15.5 Å². The summed E-state index contributed by atoms with van der Waals surface area (Å²) in [6.07, 6.45) is 4.95. The van der Waals surface area contributed by atoms with Gasteiger partial charge >= 0.3 is 0 Å². The lowest BCUT2D eigenvalue weighted by Crippen LogP contribution is -2.51.